The summed E-state index contributed by atoms with van der Waals surface area (Å²) >= 11 is 1.27. The molecule has 1 aliphatic heterocycles. The van der Waals surface area contributed by atoms with Gasteiger partial charge >= 0.3 is 5.97 Å². The number of carbonyl (C=O) groups excluding carboxylic acids is 1. The van der Waals surface area contributed by atoms with E-state index in [1.807, 2.05) is 42.5 Å². The molecule has 2 heterocycles. The Bertz CT molecular complexity index is 1470. The normalized spacial score (nSPS) is 15.8. The Hall–Kier alpha value is -3.91. The third-order valence-electron chi connectivity index (χ3n) is 5.49. The highest BCUT2D eigenvalue weighted by Crippen LogP contribution is 2.35. The van der Waals surface area contributed by atoms with Crippen molar-refractivity contribution in [2.45, 2.75) is 13.0 Å². The van der Waals surface area contributed by atoms with Crippen LogP contribution >= 0.6 is 11.3 Å². The van der Waals surface area contributed by atoms with Gasteiger partial charge in [-0.3, -0.25) is 9.36 Å². The van der Waals surface area contributed by atoms with E-state index >= 15 is 0 Å². The minimum Gasteiger partial charge on any atom is -0.493 e. The quantitative estimate of drug-likeness (QED) is 0.511. The second-order valence-corrected chi connectivity index (χ2v) is 8.49. The van der Waals surface area contributed by atoms with Gasteiger partial charge in [0.05, 0.1) is 43.2 Å². The van der Waals surface area contributed by atoms with Crippen LogP contribution in [0.25, 0.3) is 12.2 Å². The molecule has 0 N–H and O–H groups in total. The number of hydrogen-bond donors (Lipinski definition) is 0. The number of fused-ring (bicyclic) bond motifs is 1. The molecule has 34 heavy (non-hydrogen) atoms. The van der Waals surface area contributed by atoms with Gasteiger partial charge in [-0.05, 0) is 36.3 Å². The smallest absolute Gasteiger partial charge is 0.338 e. The fourth-order valence-electron chi connectivity index (χ4n) is 3.86. The standard InChI is InChI=1S/C26H24N2O5S/c1-16-22(25(30)33-4)23(18-13-14-19(31-2)20(15-18)32-3)28-24(29)21(34-26(28)27-16)12-8-11-17-9-6-5-7-10-17/h5-15,23H,1-4H3. The molecule has 4 rings (SSSR count). The van der Waals surface area contributed by atoms with Gasteiger partial charge in [-0.1, -0.05) is 59.9 Å². The summed E-state index contributed by atoms with van der Waals surface area (Å²) in [7, 11) is 4.40. The lowest BCUT2D eigenvalue weighted by Gasteiger charge is -2.25. The second kappa shape index (κ2) is 9.93. The molecule has 0 spiro atoms. The number of hydrogen-bond acceptors (Lipinski definition) is 7. The van der Waals surface area contributed by atoms with Crippen LogP contribution in [-0.2, 0) is 9.53 Å². The molecular weight excluding hydrogens is 452 g/mol. The first kappa shape index (κ1) is 23.3. The van der Waals surface area contributed by atoms with Crippen molar-refractivity contribution in [3.8, 4) is 11.5 Å². The van der Waals surface area contributed by atoms with Gasteiger partial charge < -0.3 is 14.2 Å². The number of nitrogens with zero attached hydrogens (tertiary/aromatic N) is 2. The molecule has 2 aromatic carbocycles. The van der Waals surface area contributed by atoms with Crippen LogP contribution in [0.1, 0.15) is 24.1 Å². The monoisotopic (exact) mass is 476 g/mol. The number of benzene rings is 2. The molecule has 7 nitrogen and oxygen atoms in total. The lowest BCUT2D eigenvalue weighted by atomic mass is 9.95. The van der Waals surface area contributed by atoms with Crippen LogP contribution < -0.4 is 24.4 Å². The number of carbonyl (C=O) groups is 1. The summed E-state index contributed by atoms with van der Waals surface area (Å²) in [4.78, 5) is 31.3. The van der Waals surface area contributed by atoms with Crippen LogP contribution in [0.3, 0.4) is 0 Å². The molecule has 0 amide bonds. The number of esters is 1. The Morgan fingerprint density at radius 1 is 1.06 bits per heavy atom. The van der Waals surface area contributed by atoms with E-state index in [2.05, 4.69) is 4.99 Å². The van der Waals surface area contributed by atoms with Gasteiger partial charge in [0.25, 0.3) is 5.56 Å². The summed E-state index contributed by atoms with van der Waals surface area (Å²) in [6.07, 6.45) is 5.52. The van der Waals surface area contributed by atoms with Crippen molar-refractivity contribution in [2.24, 2.45) is 4.99 Å². The summed E-state index contributed by atoms with van der Waals surface area (Å²) in [6, 6.07) is 14.4. The van der Waals surface area contributed by atoms with Crippen LogP contribution in [0.15, 0.2) is 75.7 Å². The summed E-state index contributed by atoms with van der Waals surface area (Å²) in [6.45, 7) is 1.74. The third-order valence-corrected chi connectivity index (χ3v) is 6.49. The number of methoxy groups -OCH3 is 3. The maximum atomic E-state index is 13.5. The Kier molecular flexibility index (Phi) is 6.79. The predicted octanol–water partition coefficient (Wildman–Crippen LogP) is 3.09. The van der Waals surface area contributed by atoms with Crippen LogP contribution in [0.2, 0.25) is 0 Å². The van der Waals surface area contributed by atoms with Crippen molar-refractivity contribution < 1.29 is 19.0 Å². The highest BCUT2D eigenvalue weighted by Gasteiger charge is 2.33. The molecule has 0 saturated heterocycles. The maximum Gasteiger partial charge on any atom is 0.338 e. The third kappa shape index (κ3) is 4.32. The van der Waals surface area contributed by atoms with E-state index in [0.29, 0.717) is 37.7 Å². The lowest BCUT2D eigenvalue weighted by Crippen LogP contribution is -2.39. The van der Waals surface area contributed by atoms with Crippen LogP contribution in [0.4, 0.5) is 0 Å². The van der Waals surface area contributed by atoms with Crippen molar-refractivity contribution in [2.75, 3.05) is 21.3 Å². The van der Waals surface area contributed by atoms with E-state index in [9.17, 15) is 9.59 Å². The summed E-state index contributed by atoms with van der Waals surface area (Å²) < 4.78 is 17.9. The van der Waals surface area contributed by atoms with E-state index in [1.165, 1.54) is 30.1 Å². The van der Waals surface area contributed by atoms with Gasteiger partial charge in [0, 0.05) is 0 Å². The zero-order chi connectivity index (χ0) is 24.2. The molecule has 1 unspecified atom stereocenters. The molecule has 0 bridgehead atoms. The Morgan fingerprint density at radius 3 is 2.47 bits per heavy atom. The molecule has 0 aliphatic carbocycles. The first-order valence-electron chi connectivity index (χ1n) is 10.5. The van der Waals surface area contributed by atoms with Gasteiger partial charge in [-0.15, -0.1) is 0 Å². The highest BCUT2D eigenvalue weighted by molar-refractivity contribution is 7.07. The molecule has 1 aromatic heterocycles. The van der Waals surface area contributed by atoms with Crippen molar-refractivity contribution >= 4 is 29.5 Å². The minimum absolute atomic E-state index is 0.241. The van der Waals surface area contributed by atoms with Crippen molar-refractivity contribution in [3.63, 3.8) is 0 Å². The van der Waals surface area contributed by atoms with Gasteiger partial charge in [0.15, 0.2) is 16.3 Å². The molecule has 0 fully saturated rings. The fourth-order valence-corrected chi connectivity index (χ4v) is 4.85. The van der Waals surface area contributed by atoms with Crippen molar-refractivity contribution in [1.29, 1.82) is 0 Å². The molecule has 8 heteroatoms. The SMILES string of the molecule is COC(=O)C1=C(C)N=c2sc(=CC=Cc3ccccc3)c(=O)n2C1c1ccc(OC)c(OC)c1. The largest absolute Gasteiger partial charge is 0.493 e. The summed E-state index contributed by atoms with van der Waals surface area (Å²) in [5.74, 6) is 0.496. The zero-order valence-corrected chi connectivity index (χ0v) is 20.1. The second-order valence-electron chi connectivity index (χ2n) is 7.48. The van der Waals surface area contributed by atoms with Crippen LogP contribution in [0, 0.1) is 0 Å². The molecule has 0 saturated carbocycles. The maximum absolute atomic E-state index is 13.5. The van der Waals surface area contributed by atoms with Gasteiger partial charge in [-0.2, -0.15) is 0 Å². The average molecular weight is 477 g/mol. The Morgan fingerprint density at radius 2 is 1.79 bits per heavy atom. The van der Waals surface area contributed by atoms with E-state index < -0.39 is 12.0 Å². The van der Waals surface area contributed by atoms with E-state index in [-0.39, 0.29) is 5.56 Å². The van der Waals surface area contributed by atoms with E-state index in [0.717, 1.165) is 5.56 Å². The zero-order valence-electron chi connectivity index (χ0n) is 19.3. The van der Waals surface area contributed by atoms with Crippen molar-refractivity contribution in [3.05, 3.63) is 96.7 Å². The molecule has 0 radical (unpaired) electrons. The average Bonchev–Trinajstić information content (AvgIpc) is 3.17. The topological polar surface area (TPSA) is 79.1 Å². The van der Waals surface area contributed by atoms with Crippen LogP contribution in [0.5, 0.6) is 11.5 Å². The highest BCUT2D eigenvalue weighted by atomic mass is 32.1. The molecular formula is C26H24N2O5S. The Balaban J connectivity index is 1.89. The number of thiazole rings is 1. The van der Waals surface area contributed by atoms with E-state index in [4.69, 9.17) is 14.2 Å². The first-order chi connectivity index (χ1) is 16.5. The molecule has 174 valence electrons. The summed E-state index contributed by atoms with van der Waals surface area (Å²) in [5, 5.41) is 0. The predicted molar refractivity (Wildman–Crippen MR) is 132 cm³/mol. The fraction of sp³-hybridized carbons (Fsp3) is 0.192. The molecule has 3 aromatic rings. The number of rotatable bonds is 6. The van der Waals surface area contributed by atoms with Gasteiger partial charge in [0.2, 0.25) is 0 Å². The number of ether oxygens (including phenoxy) is 3. The first-order valence-corrected chi connectivity index (χ1v) is 11.3. The van der Waals surface area contributed by atoms with Crippen molar-refractivity contribution in [1.82, 2.24) is 4.57 Å². The lowest BCUT2D eigenvalue weighted by molar-refractivity contribution is -0.136. The molecule has 1 aliphatic rings. The number of allylic oxidation sites excluding steroid dienone is 2. The summed E-state index contributed by atoms with van der Waals surface area (Å²) in [5.41, 5.74) is 2.27. The minimum atomic E-state index is -0.719. The Labute approximate surface area is 200 Å². The van der Waals surface area contributed by atoms with E-state index in [1.54, 1.807) is 38.3 Å². The number of aromatic nitrogens is 1. The van der Waals surface area contributed by atoms with Gasteiger partial charge in [0.1, 0.15) is 0 Å². The molecule has 1 atom stereocenters. The van der Waals surface area contributed by atoms with Gasteiger partial charge in [-0.25, -0.2) is 9.79 Å². The van der Waals surface area contributed by atoms with Crippen LogP contribution in [-0.4, -0.2) is 31.9 Å².